The van der Waals surface area contributed by atoms with Crippen molar-refractivity contribution in [3.63, 3.8) is 0 Å². The van der Waals surface area contributed by atoms with E-state index >= 15 is 0 Å². The Hall–Kier alpha value is -2.42. The van der Waals surface area contributed by atoms with Crippen molar-refractivity contribution in [3.05, 3.63) is 30.7 Å². The largest absolute Gasteiger partial charge is 0.399 e. The number of hydrogen-bond donors (Lipinski definition) is 0. The number of carbonyl (C=O) groups is 1. The van der Waals surface area contributed by atoms with Crippen LogP contribution in [0.1, 0.15) is 6.92 Å². The lowest BCUT2D eigenvalue weighted by molar-refractivity contribution is -0.112. The van der Waals surface area contributed by atoms with Gasteiger partial charge in [-0.1, -0.05) is 10.4 Å². The Bertz CT molecular complexity index is 673. The molecule has 2 heterocycles. The maximum absolute atomic E-state index is 12.6. The van der Waals surface area contributed by atoms with Gasteiger partial charge in [0.25, 0.3) is 5.91 Å². The number of oxime groups is 1. The minimum absolute atomic E-state index is 0.248. The number of amides is 1. The van der Waals surface area contributed by atoms with Crippen LogP contribution in [-0.2, 0) is 9.63 Å². The van der Waals surface area contributed by atoms with E-state index < -0.39 is 0 Å². The highest BCUT2D eigenvalue weighted by Gasteiger charge is 2.23. The smallest absolute Gasteiger partial charge is 0.278 e. The third-order valence-electron chi connectivity index (χ3n) is 2.96. The average molecular weight is 334 g/mol. The van der Waals surface area contributed by atoms with Crippen molar-refractivity contribution in [1.82, 2.24) is 20.0 Å². The van der Waals surface area contributed by atoms with E-state index in [1.807, 2.05) is 19.2 Å². The molecule has 0 aliphatic carbocycles. The molecule has 0 spiro atoms. The lowest BCUT2D eigenvalue weighted by atomic mass is 10.3. The molecule has 0 aromatic carbocycles. The van der Waals surface area contributed by atoms with Crippen molar-refractivity contribution in [2.75, 3.05) is 30.6 Å². The first-order valence-electron chi connectivity index (χ1n) is 6.94. The molecule has 0 N–H and O–H groups in total. The molecule has 0 aliphatic rings. The Labute approximate surface area is 138 Å². The predicted octanol–water partition coefficient (Wildman–Crippen LogP) is 1.38. The summed E-state index contributed by atoms with van der Waals surface area (Å²) in [6.45, 7) is 2.31. The number of pyridine rings is 1. The Morgan fingerprint density at radius 3 is 2.96 bits per heavy atom. The van der Waals surface area contributed by atoms with Crippen LogP contribution in [-0.4, -0.2) is 57.3 Å². The van der Waals surface area contributed by atoms with E-state index in [9.17, 15) is 4.79 Å². The van der Waals surface area contributed by atoms with Crippen LogP contribution < -0.4 is 4.90 Å². The van der Waals surface area contributed by atoms with E-state index in [0.717, 1.165) is 5.69 Å². The van der Waals surface area contributed by atoms with Gasteiger partial charge in [-0.15, -0.1) is 5.10 Å². The molecule has 0 bridgehead atoms. The second-order valence-electron chi connectivity index (χ2n) is 4.44. The van der Waals surface area contributed by atoms with Crippen molar-refractivity contribution < 1.29 is 9.63 Å². The van der Waals surface area contributed by atoms with Gasteiger partial charge in [0, 0.05) is 18.5 Å². The minimum atomic E-state index is -0.248. The first-order valence-corrected chi connectivity index (χ1v) is 8.34. The maximum Gasteiger partial charge on any atom is 0.278 e. The number of hydrogen-bond acceptors (Lipinski definition) is 7. The quantitative estimate of drug-likeness (QED) is 0.562. The van der Waals surface area contributed by atoms with Gasteiger partial charge in [0.1, 0.15) is 7.11 Å². The van der Waals surface area contributed by atoms with Gasteiger partial charge in [-0.05, 0) is 25.3 Å². The zero-order valence-electron chi connectivity index (χ0n) is 13.2. The fraction of sp³-hybridized carbons (Fsp3) is 0.357. The summed E-state index contributed by atoms with van der Waals surface area (Å²) in [5, 5.41) is 11.9. The second kappa shape index (κ2) is 8.28. The maximum atomic E-state index is 12.6. The monoisotopic (exact) mass is 334 g/mol. The molecule has 0 atom stereocenters. The fourth-order valence-electron chi connectivity index (χ4n) is 1.93. The standard InChI is InChI=1S/C14H18N6O2S/c1-4-19(14(21)12(10-23-3)17-22-2)13-9-20(18-16-13)11-6-5-7-15-8-11/h5-9H,4,10H2,1-3H3. The molecule has 9 heteroatoms. The van der Waals surface area contributed by atoms with Gasteiger partial charge in [0.2, 0.25) is 0 Å². The molecule has 8 nitrogen and oxygen atoms in total. The van der Waals surface area contributed by atoms with Crippen LogP contribution in [0.5, 0.6) is 0 Å². The van der Waals surface area contributed by atoms with Gasteiger partial charge in [0.15, 0.2) is 11.5 Å². The van der Waals surface area contributed by atoms with E-state index in [2.05, 4.69) is 20.5 Å². The number of rotatable bonds is 7. The topological polar surface area (TPSA) is 85.5 Å². The highest BCUT2D eigenvalue weighted by molar-refractivity contribution is 7.99. The average Bonchev–Trinajstić information content (AvgIpc) is 3.06. The van der Waals surface area contributed by atoms with Gasteiger partial charge in [-0.25, -0.2) is 4.68 Å². The van der Waals surface area contributed by atoms with E-state index in [4.69, 9.17) is 4.84 Å². The zero-order valence-corrected chi connectivity index (χ0v) is 14.0. The van der Waals surface area contributed by atoms with Crippen molar-refractivity contribution in [2.45, 2.75) is 6.92 Å². The molecule has 2 rings (SSSR count). The van der Waals surface area contributed by atoms with Crippen LogP contribution in [0.15, 0.2) is 35.9 Å². The molecule has 0 unspecified atom stereocenters. The van der Waals surface area contributed by atoms with Gasteiger partial charge in [0.05, 0.1) is 18.1 Å². The predicted molar refractivity (Wildman–Crippen MR) is 90.0 cm³/mol. The molecule has 0 aliphatic heterocycles. The molecule has 122 valence electrons. The molecule has 0 saturated heterocycles. The van der Waals surface area contributed by atoms with Crippen LogP contribution in [0.3, 0.4) is 0 Å². The van der Waals surface area contributed by atoms with Gasteiger partial charge in [-0.3, -0.25) is 14.7 Å². The molecular formula is C14H18N6O2S. The lowest BCUT2D eigenvalue weighted by Crippen LogP contribution is -2.38. The lowest BCUT2D eigenvalue weighted by Gasteiger charge is -2.17. The van der Waals surface area contributed by atoms with Crippen molar-refractivity contribution in [1.29, 1.82) is 0 Å². The first kappa shape index (κ1) is 16.9. The minimum Gasteiger partial charge on any atom is -0.399 e. The van der Waals surface area contributed by atoms with Crippen molar-refractivity contribution in [2.24, 2.45) is 5.16 Å². The summed E-state index contributed by atoms with van der Waals surface area (Å²) < 4.78 is 1.57. The summed E-state index contributed by atoms with van der Waals surface area (Å²) in [6.07, 6.45) is 6.93. The number of carbonyl (C=O) groups excluding carboxylic acids is 1. The number of nitrogens with zero attached hydrogens (tertiary/aromatic N) is 6. The molecular weight excluding hydrogens is 316 g/mol. The van der Waals surface area contributed by atoms with Gasteiger partial charge < -0.3 is 4.84 Å². The SMILES string of the molecule is CCN(C(=O)C(CSC)=NOC)c1cn(-c2cccnc2)nn1. The summed E-state index contributed by atoms with van der Waals surface area (Å²) in [5.74, 6) is 0.660. The molecule has 1 amide bonds. The summed E-state index contributed by atoms with van der Waals surface area (Å²) in [6, 6.07) is 3.66. The van der Waals surface area contributed by atoms with Crippen molar-refractivity contribution >= 4 is 29.2 Å². The summed E-state index contributed by atoms with van der Waals surface area (Å²) in [5.41, 5.74) is 1.10. The van der Waals surface area contributed by atoms with Crippen LogP contribution in [0.4, 0.5) is 5.82 Å². The molecule has 2 aromatic rings. The molecule has 0 fully saturated rings. The highest BCUT2D eigenvalue weighted by Crippen LogP contribution is 2.14. The van der Waals surface area contributed by atoms with E-state index in [0.29, 0.717) is 23.8 Å². The van der Waals surface area contributed by atoms with E-state index in [-0.39, 0.29) is 5.91 Å². The summed E-state index contributed by atoms with van der Waals surface area (Å²) in [4.78, 5) is 22.9. The van der Waals surface area contributed by atoms with Crippen LogP contribution in [0, 0.1) is 0 Å². The molecule has 0 saturated carbocycles. The molecule has 23 heavy (non-hydrogen) atoms. The third-order valence-corrected chi connectivity index (χ3v) is 3.52. The Morgan fingerprint density at radius 1 is 1.52 bits per heavy atom. The Balaban J connectivity index is 2.26. The Morgan fingerprint density at radius 2 is 2.35 bits per heavy atom. The molecule has 0 radical (unpaired) electrons. The van der Waals surface area contributed by atoms with Crippen molar-refractivity contribution in [3.8, 4) is 5.69 Å². The summed E-state index contributed by atoms with van der Waals surface area (Å²) >= 11 is 1.50. The number of anilines is 1. The van der Waals surface area contributed by atoms with Crippen LogP contribution in [0.25, 0.3) is 5.69 Å². The molecule has 2 aromatic heterocycles. The third kappa shape index (κ3) is 4.07. The van der Waals surface area contributed by atoms with E-state index in [1.54, 1.807) is 29.3 Å². The van der Waals surface area contributed by atoms with Crippen LogP contribution >= 0.6 is 11.8 Å². The highest BCUT2D eigenvalue weighted by atomic mass is 32.2. The first-order chi connectivity index (χ1) is 11.2. The zero-order chi connectivity index (χ0) is 16.7. The van der Waals surface area contributed by atoms with E-state index in [1.165, 1.54) is 23.8 Å². The summed E-state index contributed by atoms with van der Waals surface area (Å²) in [7, 11) is 1.42. The van der Waals surface area contributed by atoms with Gasteiger partial charge >= 0.3 is 0 Å². The van der Waals surface area contributed by atoms with Crippen LogP contribution in [0.2, 0.25) is 0 Å². The number of aromatic nitrogens is 4. The fourth-order valence-corrected chi connectivity index (χ4v) is 2.38. The van der Waals surface area contributed by atoms with Gasteiger partial charge in [-0.2, -0.15) is 11.8 Å². The normalized spacial score (nSPS) is 11.3. The Kier molecular flexibility index (Phi) is 6.10. The second-order valence-corrected chi connectivity index (χ2v) is 5.30. The number of thioether (sulfide) groups is 1.